The Morgan fingerprint density at radius 2 is 2.10 bits per heavy atom. The van der Waals surface area contributed by atoms with Crippen LogP contribution >= 0.6 is 22.9 Å². The monoisotopic (exact) mass is 305 g/mol. The fourth-order valence-corrected chi connectivity index (χ4v) is 3.28. The lowest BCUT2D eigenvalue weighted by Gasteiger charge is -2.08. The summed E-state index contributed by atoms with van der Waals surface area (Å²) in [5.41, 5.74) is 4.39. The maximum Gasteiger partial charge on any atom is 0.194 e. The van der Waals surface area contributed by atoms with Gasteiger partial charge in [-0.3, -0.25) is 4.40 Å². The molecule has 0 spiro atoms. The molecule has 2 heterocycles. The molecule has 1 N–H and O–H groups in total. The summed E-state index contributed by atoms with van der Waals surface area (Å²) < 4.78 is 2.16. The molecule has 0 saturated heterocycles. The molecule has 0 aliphatic heterocycles. The molecule has 3 aromatic rings. The Bertz CT molecular complexity index is 773. The van der Waals surface area contributed by atoms with Crippen LogP contribution in [0.3, 0.4) is 0 Å². The number of rotatable bonds is 3. The molecule has 5 heteroatoms. The van der Waals surface area contributed by atoms with E-state index in [4.69, 9.17) is 11.6 Å². The number of hydrogen-bond acceptors (Lipinski definition) is 3. The predicted octanol–water partition coefficient (Wildman–Crippen LogP) is 4.59. The first-order valence-electron chi connectivity index (χ1n) is 6.48. The molecule has 3 rings (SSSR count). The van der Waals surface area contributed by atoms with Crippen molar-refractivity contribution in [2.75, 3.05) is 5.32 Å². The summed E-state index contributed by atoms with van der Waals surface area (Å²) in [6, 6.07) is 6.04. The molecule has 0 aliphatic carbocycles. The van der Waals surface area contributed by atoms with E-state index >= 15 is 0 Å². The third kappa shape index (κ3) is 2.41. The van der Waals surface area contributed by atoms with E-state index in [0.29, 0.717) is 0 Å². The number of thiazole rings is 1. The lowest BCUT2D eigenvalue weighted by atomic mass is 10.2. The van der Waals surface area contributed by atoms with Crippen LogP contribution in [0.25, 0.3) is 4.96 Å². The van der Waals surface area contributed by atoms with Crippen LogP contribution in [0.4, 0.5) is 5.69 Å². The Kier molecular flexibility index (Phi) is 3.44. The number of nitrogens with one attached hydrogen (secondary N) is 1. The molecule has 0 bridgehead atoms. The zero-order valence-corrected chi connectivity index (χ0v) is 13.3. The summed E-state index contributed by atoms with van der Waals surface area (Å²) >= 11 is 7.86. The number of nitrogens with zero attached hydrogens (tertiary/aromatic N) is 2. The van der Waals surface area contributed by atoms with Gasteiger partial charge in [-0.15, -0.1) is 11.3 Å². The number of halogens is 1. The van der Waals surface area contributed by atoms with Crippen molar-refractivity contribution in [3.05, 3.63) is 51.2 Å². The van der Waals surface area contributed by atoms with E-state index in [0.717, 1.165) is 33.5 Å². The van der Waals surface area contributed by atoms with Crippen LogP contribution < -0.4 is 5.32 Å². The second-order valence-corrected chi connectivity index (χ2v) is 6.58. The van der Waals surface area contributed by atoms with Crippen LogP contribution in [0.1, 0.15) is 21.8 Å². The molecule has 0 atom stereocenters. The van der Waals surface area contributed by atoms with Gasteiger partial charge in [-0.1, -0.05) is 17.7 Å². The van der Waals surface area contributed by atoms with Crippen LogP contribution in [0.2, 0.25) is 5.02 Å². The first-order valence-corrected chi connectivity index (χ1v) is 7.68. The van der Waals surface area contributed by atoms with Gasteiger partial charge in [0.05, 0.1) is 17.9 Å². The Labute approximate surface area is 127 Å². The van der Waals surface area contributed by atoms with Crippen molar-refractivity contribution in [2.24, 2.45) is 0 Å². The minimum Gasteiger partial charge on any atom is -0.379 e. The minimum atomic E-state index is 0.739. The highest BCUT2D eigenvalue weighted by atomic mass is 35.5. The Morgan fingerprint density at radius 1 is 1.30 bits per heavy atom. The van der Waals surface area contributed by atoms with Crippen molar-refractivity contribution < 1.29 is 0 Å². The summed E-state index contributed by atoms with van der Waals surface area (Å²) in [4.78, 5) is 6.92. The largest absolute Gasteiger partial charge is 0.379 e. The molecule has 2 aromatic heterocycles. The van der Waals surface area contributed by atoms with Crippen molar-refractivity contribution in [1.82, 2.24) is 9.38 Å². The fourth-order valence-electron chi connectivity index (χ4n) is 2.21. The quantitative estimate of drug-likeness (QED) is 0.767. The van der Waals surface area contributed by atoms with Crippen LogP contribution in [0, 0.1) is 20.8 Å². The molecule has 0 saturated carbocycles. The molecule has 0 unspecified atom stereocenters. The molecule has 0 aliphatic rings. The molecule has 1 aromatic carbocycles. The van der Waals surface area contributed by atoms with Gasteiger partial charge in [0.25, 0.3) is 0 Å². The summed E-state index contributed by atoms with van der Waals surface area (Å²) in [6.45, 7) is 6.90. The van der Waals surface area contributed by atoms with Crippen LogP contribution in [-0.2, 0) is 6.54 Å². The average molecular weight is 306 g/mol. The smallest absolute Gasteiger partial charge is 0.194 e. The van der Waals surface area contributed by atoms with Gasteiger partial charge in [0.1, 0.15) is 0 Å². The number of benzene rings is 1. The maximum atomic E-state index is 6.15. The van der Waals surface area contributed by atoms with Crippen molar-refractivity contribution >= 4 is 33.6 Å². The Balaban J connectivity index is 1.85. The van der Waals surface area contributed by atoms with E-state index in [2.05, 4.69) is 27.8 Å². The fraction of sp³-hybridized carbons (Fsp3) is 0.267. The van der Waals surface area contributed by atoms with Gasteiger partial charge in [-0.25, -0.2) is 4.98 Å². The summed E-state index contributed by atoms with van der Waals surface area (Å²) in [5.74, 6) is 0. The van der Waals surface area contributed by atoms with E-state index in [1.807, 2.05) is 32.0 Å². The number of aromatic nitrogens is 2. The van der Waals surface area contributed by atoms with Crippen LogP contribution in [0.5, 0.6) is 0 Å². The number of aryl methyl sites for hydroxylation is 3. The number of anilines is 1. The van der Waals surface area contributed by atoms with Crippen LogP contribution in [-0.4, -0.2) is 9.38 Å². The second kappa shape index (κ2) is 5.11. The zero-order valence-electron chi connectivity index (χ0n) is 11.7. The SMILES string of the molecule is Cc1cn2c(CNc3ccc(C)c(Cl)c3)c(C)nc2s1. The van der Waals surface area contributed by atoms with E-state index in [1.54, 1.807) is 11.3 Å². The zero-order chi connectivity index (χ0) is 14.3. The maximum absolute atomic E-state index is 6.15. The topological polar surface area (TPSA) is 29.3 Å². The highest BCUT2D eigenvalue weighted by Gasteiger charge is 2.10. The standard InChI is InChI=1S/C15H16ClN3S/c1-9-4-5-12(6-13(9)16)17-7-14-11(3)18-15-19(14)8-10(2)20-15/h4-6,8,17H,7H2,1-3H3. The first-order chi connectivity index (χ1) is 9.54. The van der Waals surface area contributed by atoms with Crippen molar-refractivity contribution in [2.45, 2.75) is 27.3 Å². The molecule has 0 amide bonds. The summed E-state index contributed by atoms with van der Waals surface area (Å²) in [7, 11) is 0. The van der Waals surface area contributed by atoms with Crippen molar-refractivity contribution in [3.8, 4) is 0 Å². The van der Waals surface area contributed by atoms with Gasteiger partial charge < -0.3 is 5.32 Å². The van der Waals surface area contributed by atoms with E-state index in [9.17, 15) is 0 Å². The molecular formula is C15H16ClN3S. The van der Waals surface area contributed by atoms with E-state index in [1.165, 1.54) is 10.6 Å². The van der Waals surface area contributed by atoms with Gasteiger partial charge in [0.15, 0.2) is 4.96 Å². The third-order valence-corrected chi connectivity index (χ3v) is 4.68. The third-order valence-electron chi connectivity index (χ3n) is 3.37. The number of imidazole rings is 1. The number of fused-ring (bicyclic) bond motifs is 1. The lowest BCUT2D eigenvalue weighted by molar-refractivity contribution is 0.991. The second-order valence-electron chi connectivity index (χ2n) is 4.96. The molecule has 104 valence electrons. The molecule has 20 heavy (non-hydrogen) atoms. The van der Waals surface area contributed by atoms with Crippen LogP contribution in [0.15, 0.2) is 24.4 Å². The van der Waals surface area contributed by atoms with Crippen molar-refractivity contribution in [1.29, 1.82) is 0 Å². The van der Waals surface area contributed by atoms with Crippen molar-refractivity contribution in [3.63, 3.8) is 0 Å². The lowest BCUT2D eigenvalue weighted by Crippen LogP contribution is -2.03. The highest BCUT2D eigenvalue weighted by Crippen LogP contribution is 2.23. The molecule has 3 nitrogen and oxygen atoms in total. The van der Waals surface area contributed by atoms with E-state index in [-0.39, 0.29) is 0 Å². The van der Waals surface area contributed by atoms with Gasteiger partial charge >= 0.3 is 0 Å². The highest BCUT2D eigenvalue weighted by molar-refractivity contribution is 7.17. The first kappa shape index (κ1) is 13.5. The Hall–Kier alpha value is -1.52. The molecule has 0 fully saturated rings. The summed E-state index contributed by atoms with van der Waals surface area (Å²) in [5, 5.41) is 4.21. The molecular weight excluding hydrogens is 290 g/mol. The normalized spacial score (nSPS) is 11.2. The predicted molar refractivity (Wildman–Crippen MR) is 86.1 cm³/mol. The number of hydrogen-bond donors (Lipinski definition) is 1. The van der Waals surface area contributed by atoms with E-state index < -0.39 is 0 Å². The van der Waals surface area contributed by atoms with Gasteiger partial charge in [-0.2, -0.15) is 0 Å². The van der Waals surface area contributed by atoms with Gasteiger partial charge in [0.2, 0.25) is 0 Å². The molecule has 0 radical (unpaired) electrons. The Morgan fingerprint density at radius 3 is 2.85 bits per heavy atom. The minimum absolute atomic E-state index is 0.739. The van der Waals surface area contributed by atoms with Gasteiger partial charge in [-0.05, 0) is 38.5 Å². The average Bonchev–Trinajstić information content (AvgIpc) is 2.87. The van der Waals surface area contributed by atoms with Gasteiger partial charge in [0, 0.05) is 21.8 Å². The summed E-state index contributed by atoms with van der Waals surface area (Å²) in [6.07, 6.45) is 2.14.